The Morgan fingerprint density at radius 2 is 2.08 bits per heavy atom. The van der Waals surface area contributed by atoms with Gasteiger partial charge in [0, 0.05) is 11.3 Å². The van der Waals surface area contributed by atoms with Crippen molar-refractivity contribution in [1.82, 2.24) is 5.32 Å². The number of carbonyl (C=O) groups is 1. The molecule has 2 aromatic rings. The maximum Gasteiger partial charge on any atom is 0.251 e. The SMILES string of the molecule is COc1ccc(C(=O)NC2CCCc3cc(N)ccc32)cc1Br.Cl. The first-order valence-corrected chi connectivity index (χ1v) is 8.40. The summed E-state index contributed by atoms with van der Waals surface area (Å²) in [6, 6.07) is 11.3. The third-order valence-corrected chi connectivity index (χ3v) is 4.82. The maximum atomic E-state index is 12.5. The van der Waals surface area contributed by atoms with Crippen LogP contribution in [-0.2, 0) is 6.42 Å². The minimum atomic E-state index is -0.0805. The predicted octanol–water partition coefficient (Wildman–Crippen LogP) is 4.27. The number of benzene rings is 2. The van der Waals surface area contributed by atoms with Crippen LogP contribution in [0.2, 0.25) is 0 Å². The van der Waals surface area contributed by atoms with E-state index in [1.165, 1.54) is 11.1 Å². The average Bonchev–Trinajstić information content (AvgIpc) is 2.54. The number of ether oxygens (including phenoxy) is 1. The molecule has 0 spiro atoms. The molecule has 128 valence electrons. The number of nitrogens with two attached hydrogens (primary N) is 1. The molecule has 0 fully saturated rings. The fourth-order valence-electron chi connectivity index (χ4n) is 3.03. The molecule has 6 heteroatoms. The van der Waals surface area contributed by atoms with Crippen molar-refractivity contribution in [2.45, 2.75) is 25.3 Å². The molecule has 0 aliphatic heterocycles. The van der Waals surface area contributed by atoms with Crippen LogP contribution in [0.5, 0.6) is 5.75 Å². The highest BCUT2D eigenvalue weighted by Gasteiger charge is 2.22. The third-order valence-electron chi connectivity index (χ3n) is 4.20. The number of halogens is 2. The van der Waals surface area contributed by atoms with Gasteiger partial charge in [0.1, 0.15) is 5.75 Å². The van der Waals surface area contributed by atoms with Gasteiger partial charge in [-0.05, 0) is 76.7 Å². The molecule has 0 radical (unpaired) electrons. The van der Waals surface area contributed by atoms with Crippen LogP contribution in [0, 0.1) is 0 Å². The van der Waals surface area contributed by atoms with Crippen LogP contribution in [0.1, 0.15) is 40.4 Å². The molecule has 0 saturated heterocycles. The first kappa shape index (κ1) is 18.6. The Bertz CT molecular complexity index is 752. The normalized spacial score (nSPS) is 15.8. The highest BCUT2D eigenvalue weighted by Crippen LogP contribution is 2.31. The van der Waals surface area contributed by atoms with E-state index in [1.54, 1.807) is 25.3 Å². The van der Waals surface area contributed by atoms with E-state index in [-0.39, 0.29) is 24.4 Å². The molecular formula is C18H20BrClN2O2. The van der Waals surface area contributed by atoms with Gasteiger partial charge >= 0.3 is 0 Å². The second kappa shape index (κ2) is 7.90. The number of fused-ring (bicyclic) bond motifs is 1. The van der Waals surface area contributed by atoms with Gasteiger partial charge in [-0.2, -0.15) is 0 Å². The van der Waals surface area contributed by atoms with Crippen molar-refractivity contribution in [1.29, 1.82) is 0 Å². The standard InChI is InChI=1S/C18H19BrN2O2.ClH/c1-23-17-8-5-12(10-15(17)19)18(22)21-16-4-2-3-11-9-13(20)6-7-14(11)16;/h5-10,16H,2-4,20H2,1H3,(H,21,22);1H. The van der Waals surface area contributed by atoms with E-state index < -0.39 is 0 Å². The van der Waals surface area contributed by atoms with E-state index >= 15 is 0 Å². The number of aryl methyl sites for hydroxylation is 1. The van der Waals surface area contributed by atoms with Gasteiger partial charge < -0.3 is 15.8 Å². The molecule has 0 bridgehead atoms. The summed E-state index contributed by atoms with van der Waals surface area (Å²) >= 11 is 3.42. The van der Waals surface area contributed by atoms with E-state index in [9.17, 15) is 4.79 Å². The van der Waals surface area contributed by atoms with Crippen LogP contribution in [0.3, 0.4) is 0 Å². The molecule has 4 nitrogen and oxygen atoms in total. The third kappa shape index (κ3) is 3.84. The molecule has 24 heavy (non-hydrogen) atoms. The van der Waals surface area contributed by atoms with Gasteiger partial charge in [-0.15, -0.1) is 12.4 Å². The molecular weight excluding hydrogens is 392 g/mol. The maximum absolute atomic E-state index is 12.5. The quantitative estimate of drug-likeness (QED) is 0.741. The minimum absolute atomic E-state index is 0. The first-order chi connectivity index (χ1) is 11.1. The van der Waals surface area contributed by atoms with Crippen LogP contribution >= 0.6 is 28.3 Å². The van der Waals surface area contributed by atoms with Crippen LogP contribution in [-0.4, -0.2) is 13.0 Å². The number of nitrogens with one attached hydrogen (secondary N) is 1. The molecule has 0 saturated carbocycles. The Hall–Kier alpha value is -1.72. The zero-order chi connectivity index (χ0) is 16.4. The van der Waals surface area contributed by atoms with Gasteiger partial charge in [-0.3, -0.25) is 4.79 Å². The molecule has 1 atom stereocenters. The second-order valence-electron chi connectivity index (χ2n) is 5.73. The Labute approximate surface area is 156 Å². The molecule has 0 heterocycles. The van der Waals surface area contributed by atoms with Gasteiger partial charge in [-0.25, -0.2) is 0 Å². The van der Waals surface area contributed by atoms with Crippen LogP contribution in [0.25, 0.3) is 0 Å². The van der Waals surface area contributed by atoms with E-state index in [4.69, 9.17) is 10.5 Å². The van der Waals surface area contributed by atoms with E-state index in [0.29, 0.717) is 11.3 Å². The monoisotopic (exact) mass is 410 g/mol. The Morgan fingerprint density at radius 3 is 2.79 bits per heavy atom. The van der Waals surface area contributed by atoms with E-state index in [2.05, 4.69) is 21.2 Å². The number of hydrogen-bond donors (Lipinski definition) is 2. The number of carbonyl (C=O) groups excluding carboxylic acids is 1. The molecule has 3 N–H and O–H groups in total. The van der Waals surface area contributed by atoms with Crippen molar-refractivity contribution in [3.8, 4) is 5.75 Å². The van der Waals surface area contributed by atoms with Gasteiger partial charge in [0.25, 0.3) is 5.91 Å². The van der Waals surface area contributed by atoms with Gasteiger partial charge in [0.2, 0.25) is 0 Å². The van der Waals surface area contributed by atoms with Crippen LogP contribution in [0.4, 0.5) is 5.69 Å². The zero-order valence-corrected chi connectivity index (χ0v) is 15.7. The smallest absolute Gasteiger partial charge is 0.251 e. The highest BCUT2D eigenvalue weighted by atomic mass is 79.9. The Kier molecular flexibility index (Phi) is 6.13. The minimum Gasteiger partial charge on any atom is -0.496 e. The van der Waals surface area contributed by atoms with E-state index in [0.717, 1.165) is 29.4 Å². The second-order valence-corrected chi connectivity index (χ2v) is 6.58. The molecule has 2 aromatic carbocycles. The number of hydrogen-bond acceptors (Lipinski definition) is 3. The van der Waals surface area contributed by atoms with Crippen molar-refractivity contribution in [3.05, 3.63) is 57.6 Å². The molecule has 3 rings (SSSR count). The first-order valence-electron chi connectivity index (χ1n) is 7.61. The lowest BCUT2D eigenvalue weighted by Gasteiger charge is -2.26. The van der Waals surface area contributed by atoms with Crippen molar-refractivity contribution in [3.63, 3.8) is 0 Å². The number of anilines is 1. The van der Waals surface area contributed by atoms with Gasteiger partial charge in [-0.1, -0.05) is 6.07 Å². The number of nitrogen functional groups attached to an aromatic ring is 1. The van der Waals surface area contributed by atoms with E-state index in [1.807, 2.05) is 18.2 Å². The largest absolute Gasteiger partial charge is 0.496 e. The summed E-state index contributed by atoms with van der Waals surface area (Å²) in [4.78, 5) is 12.5. The molecule has 0 aromatic heterocycles. The van der Waals surface area contributed by atoms with Crippen molar-refractivity contribution >= 4 is 39.9 Å². The number of rotatable bonds is 3. The molecule has 1 amide bonds. The number of amides is 1. The van der Waals surface area contributed by atoms with Crippen molar-refractivity contribution < 1.29 is 9.53 Å². The topological polar surface area (TPSA) is 64.3 Å². The lowest BCUT2D eigenvalue weighted by Crippen LogP contribution is -2.31. The predicted molar refractivity (Wildman–Crippen MR) is 102 cm³/mol. The van der Waals surface area contributed by atoms with Crippen molar-refractivity contribution in [2.75, 3.05) is 12.8 Å². The lowest BCUT2D eigenvalue weighted by molar-refractivity contribution is 0.0932. The molecule has 1 unspecified atom stereocenters. The van der Waals surface area contributed by atoms with Gasteiger partial charge in [0.05, 0.1) is 17.6 Å². The Balaban J connectivity index is 0.00000208. The summed E-state index contributed by atoms with van der Waals surface area (Å²) in [5.41, 5.74) is 9.65. The number of methoxy groups -OCH3 is 1. The summed E-state index contributed by atoms with van der Waals surface area (Å²) in [5.74, 6) is 0.628. The van der Waals surface area contributed by atoms with Crippen LogP contribution < -0.4 is 15.8 Å². The molecule has 1 aliphatic rings. The summed E-state index contributed by atoms with van der Waals surface area (Å²) < 4.78 is 5.96. The summed E-state index contributed by atoms with van der Waals surface area (Å²) in [5, 5.41) is 3.13. The van der Waals surface area contributed by atoms with Gasteiger partial charge in [0.15, 0.2) is 0 Å². The zero-order valence-electron chi connectivity index (χ0n) is 13.3. The summed E-state index contributed by atoms with van der Waals surface area (Å²) in [7, 11) is 1.60. The van der Waals surface area contributed by atoms with Crippen molar-refractivity contribution in [2.24, 2.45) is 0 Å². The average molecular weight is 412 g/mol. The highest BCUT2D eigenvalue weighted by molar-refractivity contribution is 9.10. The fourth-order valence-corrected chi connectivity index (χ4v) is 3.57. The lowest BCUT2D eigenvalue weighted by atomic mass is 9.87. The Morgan fingerprint density at radius 1 is 1.29 bits per heavy atom. The molecule has 1 aliphatic carbocycles. The van der Waals surface area contributed by atoms with Crippen LogP contribution in [0.15, 0.2) is 40.9 Å². The summed E-state index contributed by atoms with van der Waals surface area (Å²) in [6.07, 6.45) is 3.01. The fraction of sp³-hybridized carbons (Fsp3) is 0.278. The summed E-state index contributed by atoms with van der Waals surface area (Å²) in [6.45, 7) is 0.